The molecule has 12 heteroatoms. The van der Waals surface area contributed by atoms with E-state index in [-0.39, 0.29) is 24.5 Å². The largest absolute Gasteiger partial charge is 0.497 e. The van der Waals surface area contributed by atoms with Gasteiger partial charge in [0.15, 0.2) is 16.3 Å². The molecule has 0 radical (unpaired) electrons. The SMILES string of the molecule is CCOC(=O)C1=C(C)N=c2s/c(=C/c3ccc(OCc4ccc([N+](=O)[O-])cc4)c(OCC)c3)c(=O)n2[C@@H]1c1ccc(OC)cc1. The summed E-state index contributed by atoms with van der Waals surface area (Å²) in [6.07, 6.45) is 1.75. The second-order valence-corrected chi connectivity index (χ2v) is 10.9. The molecular weight excluding hydrogens is 598 g/mol. The van der Waals surface area contributed by atoms with Gasteiger partial charge in [-0.3, -0.25) is 19.5 Å². The predicted octanol–water partition coefficient (Wildman–Crippen LogP) is 4.69. The molecular formula is C33H31N3O8S. The maximum Gasteiger partial charge on any atom is 0.338 e. The smallest absolute Gasteiger partial charge is 0.338 e. The predicted molar refractivity (Wildman–Crippen MR) is 168 cm³/mol. The van der Waals surface area contributed by atoms with Crippen LogP contribution in [0.15, 0.2) is 87.8 Å². The van der Waals surface area contributed by atoms with Crippen molar-refractivity contribution in [1.29, 1.82) is 0 Å². The van der Waals surface area contributed by atoms with Gasteiger partial charge in [0.1, 0.15) is 12.4 Å². The fourth-order valence-corrected chi connectivity index (χ4v) is 5.97. The molecule has 0 saturated heterocycles. The Morgan fingerprint density at radius 3 is 2.40 bits per heavy atom. The Hall–Kier alpha value is -5.23. The third kappa shape index (κ3) is 6.65. The molecule has 0 spiro atoms. The quantitative estimate of drug-likeness (QED) is 0.133. The first kappa shape index (κ1) is 31.2. The third-order valence-electron chi connectivity index (χ3n) is 7.06. The van der Waals surface area contributed by atoms with E-state index in [1.807, 2.05) is 25.1 Å². The number of nitro benzene ring substituents is 1. The molecule has 11 nitrogen and oxygen atoms in total. The Morgan fingerprint density at radius 2 is 1.76 bits per heavy atom. The highest BCUT2D eigenvalue weighted by atomic mass is 32.1. The van der Waals surface area contributed by atoms with Crippen molar-refractivity contribution in [2.75, 3.05) is 20.3 Å². The highest BCUT2D eigenvalue weighted by Crippen LogP contribution is 2.32. The molecule has 0 unspecified atom stereocenters. The highest BCUT2D eigenvalue weighted by molar-refractivity contribution is 7.07. The summed E-state index contributed by atoms with van der Waals surface area (Å²) in [7, 11) is 1.57. The maximum atomic E-state index is 13.9. The first-order chi connectivity index (χ1) is 21.7. The molecule has 0 saturated carbocycles. The highest BCUT2D eigenvalue weighted by Gasteiger charge is 2.33. The summed E-state index contributed by atoms with van der Waals surface area (Å²) < 4.78 is 24.4. The summed E-state index contributed by atoms with van der Waals surface area (Å²) in [5.41, 5.74) is 2.67. The minimum Gasteiger partial charge on any atom is -0.497 e. The number of fused-ring (bicyclic) bond motifs is 1. The molecule has 0 bridgehead atoms. The van der Waals surface area contributed by atoms with E-state index in [9.17, 15) is 19.7 Å². The molecule has 45 heavy (non-hydrogen) atoms. The van der Waals surface area contributed by atoms with Crippen LogP contribution in [0, 0.1) is 10.1 Å². The molecule has 1 aliphatic rings. The average Bonchev–Trinajstić information content (AvgIpc) is 3.34. The summed E-state index contributed by atoms with van der Waals surface area (Å²) >= 11 is 1.23. The minimum absolute atomic E-state index is 0.00554. The van der Waals surface area contributed by atoms with Gasteiger partial charge in [-0.15, -0.1) is 0 Å². The number of carbonyl (C=O) groups is 1. The third-order valence-corrected chi connectivity index (χ3v) is 8.04. The van der Waals surface area contributed by atoms with Gasteiger partial charge in [0.25, 0.3) is 11.2 Å². The molecule has 232 valence electrons. The molecule has 1 aromatic heterocycles. The second kappa shape index (κ2) is 13.6. The van der Waals surface area contributed by atoms with E-state index in [4.69, 9.17) is 18.9 Å². The van der Waals surface area contributed by atoms with Gasteiger partial charge in [0.2, 0.25) is 0 Å². The number of esters is 1. The van der Waals surface area contributed by atoms with Crippen LogP contribution in [-0.2, 0) is 16.1 Å². The fraction of sp³-hybridized carbons (Fsp3) is 0.242. The first-order valence-corrected chi connectivity index (χ1v) is 15.0. The van der Waals surface area contributed by atoms with Crippen LogP contribution in [0.1, 0.15) is 43.5 Å². The van der Waals surface area contributed by atoms with E-state index in [1.54, 1.807) is 63.4 Å². The van der Waals surface area contributed by atoms with Gasteiger partial charge >= 0.3 is 5.97 Å². The van der Waals surface area contributed by atoms with Crippen LogP contribution in [0.25, 0.3) is 6.08 Å². The number of hydrogen-bond acceptors (Lipinski definition) is 10. The van der Waals surface area contributed by atoms with E-state index >= 15 is 0 Å². The van der Waals surface area contributed by atoms with Crippen LogP contribution in [0.2, 0.25) is 0 Å². The molecule has 0 fully saturated rings. The van der Waals surface area contributed by atoms with Crippen molar-refractivity contribution in [3.05, 3.63) is 124 Å². The van der Waals surface area contributed by atoms with E-state index < -0.39 is 16.9 Å². The van der Waals surface area contributed by atoms with Crippen LogP contribution in [0.5, 0.6) is 17.2 Å². The number of thiazole rings is 1. The normalized spacial score (nSPS) is 14.4. The number of methoxy groups -OCH3 is 1. The number of ether oxygens (including phenoxy) is 4. The van der Waals surface area contributed by atoms with Crippen molar-refractivity contribution < 1.29 is 28.7 Å². The zero-order chi connectivity index (χ0) is 32.1. The van der Waals surface area contributed by atoms with Crippen LogP contribution in [0.4, 0.5) is 5.69 Å². The number of rotatable bonds is 11. The molecule has 5 rings (SSSR count). The molecule has 0 N–H and O–H groups in total. The van der Waals surface area contributed by atoms with Crippen molar-refractivity contribution in [3.8, 4) is 17.2 Å². The summed E-state index contributed by atoms with van der Waals surface area (Å²) in [5.74, 6) is 1.09. The lowest BCUT2D eigenvalue weighted by Gasteiger charge is -2.24. The first-order valence-electron chi connectivity index (χ1n) is 14.2. The van der Waals surface area contributed by atoms with Crippen molar-refractivity contribution in [2.45, 2.75) is 33.4 Å². The van der Waals surface area contributed by atoms with E-state index in [0.29, 0.717) is 55.6 Å². The lowest BCUT2D eigenvalue weighted by atomic mass is 9.96. The van der Waals surface area contributed by atoms with Crippen molar-refractivity contribution in [2.24, 2.45) is 4.99 Å². The standard InChI is InChI=1S/C33H31N3O8S/c1-5-42-27-17-22(9-16-26(27)44-19-21-7-12-24(13-8-21)36(39)40)18-28-31(37)35-30(23-10-14-25(41-4)15-11-23)29(32(38)43-6-2)20(3)34-33(35)45-28/h7-18,30H,5-6,19H2,1-4H3/b28-18+/t30-/m1/s1. The van der Waals surface area contributed by atoms with Gasteiger partial charge in [-0.2, -0.15) is 0 Å². The second-order valence-electron chi connectivity index (χ2n) is 9.93. The van der Waals surface area contributed by atoms with Crippen molar-refractivity contribution in [1.82, 2.24) is 4.57 Å². The topological polar surface area (TPSA) is 131 Å². The summed E-state index contributed by atoms with van der Waals surface area (Å²) in [6.45, 7) is 6.08. The average molecular weight is 630 g/mol. The van der Waals surface area contributed by atoms with Crippen LogP contribution in [-0.4, -0.2) is 35.8 Å². The Kier molecular flexibility index (Phi) is 9.43. The molecule has 1 atom stereocenters. The molecule has 2 heterocycles. The Balaban J connectivity index is 1.51. The number of allylic oxidation sites excluding steroid dienone is 1. The summed E-state index contributed by atoms with van der Waals surface area (Å²) in [5, 5.41) is 10.9. The Bertz CT molecular complexity index is 1940. The van der Waals surface area contributed by atoms with Gasteiger partial charge in [-0.25, -0.2) is 9.79 Å². The van der Waals surface area contributed by atoms with Crippen LogP contribution < -0.4 is 29.1 Å². The van der Waals surface area contributed by atoms with Gasteiger partial charge in [-0.1, -0.05) is 29.5 Å². The molecule has 4 aromatic rings. The summed E-state index contributed by atoms with van der Waals surface area (Å²) in [4.78, 5) is 42.6. The van der Waals surface area contributed by atoms with Gasteiger partial charge in [-0.05, 0) is 79.9 Å². The Morgan fingerprint density at radius 1 is 1.02 bits per heavy atom. The van der Waals surface area contributed by atoms with Crippen LogP contribution >= 0.6 is 11.3 Å². The van der Waals surface area contributed by atoms with Gasteiger partial charge in [0.05, 0.1) is 47.1 Å². The number of benzene rings is 3. The number of non-ortho nitro benzene ring substituents is 1. The lowest BCUT2D eigenvalue weighted by molar-refractivity contribution is -0.384. The fourth-order valence-electron chi connectivity index (χ4n) is 4.92. The number of nitro groups is 1. The lowest BCUT2D eigenvalue weighted by Crippen LogP contribution is -2.39. The maximum absolute atomic E-state index is 13.9. The van der Waals surface area contributed by atoms with E-state index in [0.717, 1.165) is 5.56 Å². The molecule has 0 aliphatic carbocycles. The Labute approximate surface area is 262 Å². The monoisotopic (exact) mass is 629 g/mol. The number of nitrogens with zero attached hydrogens (tertiary/aromatic N) is 3. The minimum atomic E-state index is -0.734. The van der Waals surface area contributed by atoms with Gasteiger partial charge in [0, 0.05) is 12.1 Å². The summed E-state index contributed by atoms with van der Waals surface area (Å²) in [6, 6.07) is 17.9. The molecule has 1 aliphatic heterocycles. The van der Waals surface area contributed by atoms with Crippen molar-refractivity contribution >= 4 is 29.1 Å². The number of carbonyl (C=O) groups excluding carboxylic acids is 1. The van der Waals surface area contributed by atoms with Crippen LogP contribution in [0.3, 0.4) is 0 Å². The molecule has 0 amide bonds. The van der Waals surface area contributed by atoms with Crippen molar-refractivity contribution in [3.63, 3.8) is 0 Å². The number of aromatic nitrogens is 1. The van der Waals surface area contributed by atoms with Gasteiger partial charge < -0.3 is 18.9 Å². The van der Waals surface area contributed by atoms with E-state index in [1.165, 1.54) is 28.0 Å². The zero-order valence-electron chi connectivity index (χ0n) is 25.1. The molecule has 3 aromatic carbocycles. The van der Waals surface area contributed by atoms with E-state index in [2.05, 4.69) is 4.99 Å². The zero-order valence-corrected chi connectivity index (χ0v) is 26.0. The number of hydrogen-bond donors (Lipinski definition) is 0.